The number of hydrogen-bond acceptors (Lipinski definition) is 3. The van der Waals surface area contributed by atoms with Gasteiger partial charge >= 0.3 is 0 Å². The molecule has 0 aliphatic carbocycles. The molecule has 2 saturated heterocycles. The lowest BCUT2D eigenvalue weighted by Gasteiger charge is -2.44. The summed E-state index contributed by atoms with van der Waals surface area (Å²) >= 11 is 0. The van der Waals surface area contributed by atoms with Crippen molar-refractivity contribution < 1.29 is 9.59 Å². The third kappa shape index (κ3) is 2.97. The minimum Gasteiger partial charge on any atom is -0.341 e. The normalized spacial score (nSPS) is 22.5. The highest BCUT2D eigenvalue weighted by atomic mass is 16.2. The summed E-state index contributed by atoms with van der Waals surface area (Å²) in [5, 5.41) is 0.977. The van der Waals surface area contributed by atoms with Gasteiger partial charge in [0.05, 0.1) is 16.8 Å². The van der Waals surface area contributed by atoms with Crippen molar-refractivity contribution in [2.24, 2.45) is 0 Å². The number of carbonyl (C=O) groups excluding carboxylic acids is 2. The van der Waals surface area contributed by atoms with Crippen LogP contribution < -0.4 is 0 Å². The van der Waals surface area contributed by atoms with Crippen LogP contribution in [0.4, 0.5) is 0 Å². The fourth-order valence-electron chi connectivity index (χ4n) is 4.96. The summed E-state index contributed by atoms with van der Waals surface area (Å²) in [4.78, 5) is 35.4. The Kier molecular flexibility index (Phi) is 4.86. The second-order valence-electron chi connectivity index (χ2n) is 8.31. The van der Waals surface area contributed by atoms with Crippen LogP contribution in [-0.2, 0) is 4.79 Å². The maximum atomic E-state index is 13.6. The Labute approximate surface area is 166 Å². The molecule has 2 aromatic rings. The highest BCUT2D eigenvalue weighted by Gasteiger charge is 2.52. The van der Waals surface area contributed by atoms with Crippen molar-refractivity contribution in [3.8, 4) is 0 Å². The summed E-state index contributed by atoms with van der Waals surface area (Å²) < 4.78 is 0. The van der Waals surface area contributed by atoms with E-state index in [1.165, 1.54) is 0 Å². The first-order chi connectivity index (χ1) is 13.5. The van der Waals surface area contributed by atoms with Crippen molar-refractivity contribution in [2.45, 2.75) is 58.4 Å². The van der Waals surface area contributed by atoms with Crippen molar-refractivity contribution in [3.05, 3.63) is 41.1 Å². The lowest BCUT2D eigenvalue weighted by atomic mass is 9.85. The fourth-order valence-corrected chi connectivity index (χ4v) is 4.96. The number of pyridine rings is 1. The van der Waals surface area contributed by atoms with Crippen LogP contribution in [0.1, 0.15) is 60.6 Å². The first kappa shape index (κ1) is 18.9. The van der Waals surface area contributed by atoms with Gasteiger partial charge in [0.1, 0.15) is 5.54 Å². The number of amides is 2. The average Bonchev–Trinajstić information content (AvgIpc) is 3.09. The molecule has 0 bridgehead atoms. The number of aromatic nitrogens is 1. The van der Waals surface area contributed by atoms with Gasteiger partial charge in [0, 0.05) is 25.0 Å². The molecule has 2 aliphatic heterocycles. The summed E-state index contributed by atoms with van der Waals surface area (Å²) in [6.45, 7) is 8.26. The van der Waals surface area contributed by atoms with Gasteiger partial charge in [-0.25, -0.2) is 0 Å². The predicted octanol–water partition coefficient (Wildman–Crippen LogP) is 3.86. The Hall–Kier alpha value is -2.43. The third-order valence-corrected chi connectivity index (χ3v) is 6.32. The van der Waals surface area contributed by atoms with Crippen LogP contribution in [0.2, 0.25) is 0 Å². The molecule has 1 unspecified atom stereocenters. The number of hydrogen-bond donors (Lipinski definition) is 0. The van der Waals surface area contributed by atoms with Gasteiger partial charge in [-0.05, 0) is 64.2 Å². The molecule has 1 aromatic heterocycles. The summed E-state index contributed by atoms with van der Waals surface area (Å²) in [6.07, 6.45) is 4.34. The molecule has 1 atom stereocenters. The van der Waals surface area contributed by atoms with E-state index >= 15 is 0 Å². The fraction of sp³-hybridized carbons (Fsp3) is 0.522. The quantitative estimate of drug-likeness (QED) is 0.814. The monoisotopic (exact) mass is 379 g/mol. The number of nitrogens with zero attached hydrogens (tertiary/aromatic N) is 3. The molecular formula is C23H29N3O2. The number of aryl methyl sites for hydroxylation is 2. The van der Waals surface area contributed by atoms with Crippen LogP contribution in [-0.4, -0.2) is 51.8 Å². The van der Waals surface area contributed by atoms with Crippen molar-refractivity contribution in [1.29, 1.82) is 0 Å². The Morgan fingerprint density at radius 1 is 1.14 bits per heavy atom. The second kappa shape index (κ2) is 7.19. The molecule has 148 valence electrons. The van der Waals surface area contributed by atoms with Crippen molar-refractivity contribution in [1.82, 2.24) is 14.8 Å². The highest BCUT2D eigenvalue weighted by molar-refractivity contribution is 6.02. The van der Waals surface area contributed by atoms with E-state index in [4.69, 9.17) is 0 Å². The summed E-state index contributed by atoms with van der Waals surface area (Å²) in [6, 6.07) is 8.05. The molecule has 2 aliphatic rings. The van der Waals surface area contributed by atoms with E-state index in [-0.39, 0.29) is 11.8 Å². The smallest absolute Gasteiger partial charge is 0.256 e. The number of benzene rings is 1. The lowest BCUT2D eigenvalue weighted by molar-refractivity contribution is -0.145. The maximum absolute atomic E-state index is 13.6. The number of carbonyl (C=O) groups is 2. The molecular weight excluding hydrogens is 350 g/mol. The zero-order chi connectivity index (χ0) is 19.9. The van der Waals surface area contributed by atoms with Gasteiger partial charge < -0.3 is 9.80 Å². The van der Waals surface area contributed by atoms with Gasteiger partial charge in [0.25, 0.3) is 5.91 Å². The Morgan fingerprint density at radius 3 is 2.64 bits per heavy atom. The van der Waals surface area contributed by atoms with Gasteiger partial charge in [-0.15, -0.1) is 0 Å². The number of rotatable bonds is 3. The van der Waals surface area contributed by atoms with Crippen molar-refractivity contribution >= 4 is 22.7 Å². The molecule has 3 heterocycles. The summed E-state index contributed by atoms with van der Waals surface area (Å²) in [5.41, 5.74) is 2.75. The van der Waals surface area contributed by atoms with Crippen LogP contribution in [0.5, 0.6) is 0 Å². The molecule has 2 fully saturated rings. The zero-order valence-electron chi connectivity index (χ0n) is 17.1. The minimum atomic E-state index is -0.654. The van der Waals surface area contributed by atoms with E-state index in [0.717, 1.165) is 67.4 Å². The van der Waals surface area contributed by atoms with Crippen molar-refractivity contribution in [3.63, 3.8) is 0 Å². The second-order valence-corrected chi connectivity index (χ2v) is 8.31. The van der Waals surface area contributed by atoms with Gasteiger partial charge in [0.15, 0.2) is 0 Å². The van der Waals surface area contributed by atoms with Crippen LogP contribution in [0, 0.1) is 13.8 Å². The van der Waals surface area contributed by atoms with Crippen LogP contribution in [0.15, 0.2) is 24.3 Å². The minimum absolute atomic E-state index is 0.0439. The average molecular weight is 380 g/mol. The molecule has 0 saturated carbocycles. The summed E-state index contributed by atoms with van der Waals surface area (Å²) in [7, 11) is 0. The Balaban J connectivity index is 1.72. The van der Waals surface area contributed by atoms with Gasteiger partial charge in [-0.3, -0.25) is 14.6 Å². The van der Waals surface area contributed by atoms with Crippen LogP contribution >= 0.6 is 0 Å². The summed E-state index contributed by atoms with van der Waals surface area (Å²) in [5.74, 6) is 0.103. The van der Waals surface area contributed by atoms with E-state index in [9.17, 15) is 9.59 Å². The van der Waals surface area contributed by atoms with Crippen LogP contribution in [0.3, 0.4) is 0 Å². The zero-order valence-corrected chi connectivity index (χ0v) is 17.1. The Morgan fingerprint density at radius 2 is 1.89 bits per heavy atom. The van der Waals surface area contributed by atoms with E-state index in [1.807, 2.05) is 41.8 Å². The topological polar surface area (TPSA) is 53.5 Å². The standard InChI is InChI=1S/C23H29N3O2/c1-4-11-25-12-5-9-23(22(25)28)10-6-13-26(23)21(27)19-15-18-14-16(2)7-8-20(18)24-17(19)3/h7-8,14-15H,4-6,9-13H2,1-3H3. The van der Waals surface area contributed by atoms with Crippen LogP contribution in [0.25, 0.3) is 10.9 Å². The first-order valence-electron chi connectivity index (χ1n) is 10.5. The molecule has 2 amide bonds. The molecule has 0 N–H and O–H groups in total. The lowest BCUT2D eigenvalue weighted by Crippen LogP contribution is -2.61. The molecule has 1 aromatic carbocycles. The molecule has 4 rings (SSSR count). The van der Waals surface area contributed by atoms with E-state index < -0.39 is 5.54 Å². The third-order valence-electron chi connectivity index (χ3n) is 6.32. The van der Waals surface area contributed by atoms with Gasteiger partial charge in [0.2, 0.25) is 5.91 Å². The van der Waals surface area contributed by atoms with E-state index in [0.29, 0.717) is 12.1 Å². The number of piperidine rings is 1. The number of fused-ring (bicyclic) bond motifs is 1. The molecule has 5 nitrogen and oxygen atoms in total. The first-order valence-corrected chi connectivity index (χ1v) is 10.5. The molecule has 1 spiro atoms. The van der Waals surface area contributed by atoms with Gasteiger partial charge in [-0.2, -0.15) is 0 Å². The SMILES string of the molecule is CCCN1CCCC2(CCCN2C(=O)c2cc3cc(C)ccc3nc2C)C1=O. The van der Waals surface area contributed by atoms with Crippen molar-refractivity contribution in [2.75, 3.05) is 19.6 Å². The van der Waals surface area contributed by atoms with E-state index in [2.05, 4.69) is 18.0 Å². The largest absolute Gasteiger partial charge is 0.341 e. The molecule has 0 radical (unpaired) electrons. The Bertz CT molecular complexity index is 937. The van der Waals surface area contributed by atoms with E-state index in [1.54, 1.807) is 0 Å². The predicted molar refractivity (Wildman–Crippen MR) is 110 cm³/mol. The molecule has 5 heteroatoms. The van der Waals surface area contributed by atoms with Gasteiger partial charge in [-0.1, -0.05) is 18.6 Å². The molecule has 28 heavy (non-hydrogen) atoms. The highest BCUT2D eigenvalue weighted by Crippen LogP contribution is 2.39. The number of likely N-dealkylation sites (tertiary alicyclic amines) is 2. The maximum Gasteiger partial charge on any atom is 0.256 e.